The van der Waals surface area contributed by atoms with E-state index < -0.39 is 24.1 Å². The molecular formula is C9H15NO8. The van der Waals surface area contributed by atoms with Crippen LogP contribution >= 0.6 is 0 Å². The van der Waals surface area contributed by atoms with Crippen molar-refractivity contribution in [3.8, 4) is 0 Å². The maximum atomic E-state index is 10.0. The summed E-state index contributed by atoms with van der Waals surface area (Å²) in [5.74, 6) is -3.54. The first-order valence-electron chi connectivity index (χ1n) is 4.99. The highest BCUT2D eigenvalue weighted by Gasteiger charge is 2.29. The van der Waals surface area contributed by atoms with Crippen LogP contribution < -0.4 is 0 Å². The Kier molecular flexibility index (Phi) is 7.59. The Hall–Kier alpha value is -1.71. The maximum absolute atomic E-state index is 10.0. The first kappa shape index (κ1) is 16.3. The van der Waals surface area contributed by atoms with E-state index in [4.69, 9.17) is 25.2 Å². The number of morpholine rings is 1. The van der Waals surface area contributed by atoms with E-state index in [1.54, 1.807) is 4.90 Å². The van der Waals surface area contributed by atoms with Gasteiger partial charge in [0.25, 0.3) is 0 Å². The highest BCUT2D eigenvalue weighted by Crippen LogP contribution is 1.92. The van der Waals surface area contributed by atoms with Crippen LogP contribution in [0.3, 0.4) is 0 Å². The van der Waals surface area contributed by atoms with Gasteiger partial charge in [0, 0.05) is 13.1 Å². The van der Waals surface area contributed by atoms with Gasteiger partial charge in [-0.2, -0.15) is 0 Å². The number of ether oxygens (including phenoxy) is 1. The number of nitrogens with zero attached hydrogens (tertiary/aromatic N) is 1. The molecule has 1 aliphatic heterocycles. The van der Waals surface area contributed by atoms with E-state index in [1.807, 2.05) is 0 Å². The summed E-state index contributed by atoms with van der Waals surface area (Å²) in [6, 6.07) is 0. The highest BCUT2D eigenvalue weighted by atomic mass is 16.5. The van der Waals surface area contributed by atoms with E-state index >= 15 is 0 Å². The number of amides is 1. The number of aliphatic hydroxyl groups is 2. The molecule has 18 heavy (non-hydrogen) atoms. The molecule has 0 bridgehead atoms. The predicted molar refractivity (Wildman–Crippen MR) is 55.7 cm³/mol. The Labute approximate surface area is 102 Å². The van der Waals surface area contributed by atoms with Gasteiger partial charge in [-0.3, -0.25) is 4.79 Å². The first-order valence-corrected chi connectivity index (χ1v) is 4.99. The molecule has 0 aliphatic carbocycles. The number of rotatable bonds is 4. The fourth-order valence-corrected chi connectivity index (χ4v) is 0.953. The second kappa shape index (κ2) is 8.39. The quantitative estimate of drug-likeness (QED) is 0.403. The fourth-order valence-electron chi connectivity index (χ4n) is 0.953. The Morgan fingerprint density at radius 3 is 1.67 bits per heavy atom. The summed E-state index contributed by atoms with van der Waals surface area (Å²) in [5.41, 5.74) is 0. The van der Waals surface area contributed by atoms with Crippen LogP contribution in [0.25, 0.3) is 0 Å². The van der Waals surface area contributed by atoms with Crippen molar-refractivity contribution in [1.82, 2.24) is 4.90 Å². The van der Waals surface area contributed by atoms with Gasteiger partial charge in [-0.15, -0.1) is 0 Å². The fraction of sp³-hybridized carbons (Fsp3) is 0.667. The van der Waals surface area contributed by atoms with E-state index in [0.717, 1.165) is 19.5 Å². The lowest BCUT2D eigenvalue weighted by atomic mass is 10.2. The van der Waals surface area contributed by atoms with Gasteiger partial charge in [0.1, 0.15) is 0 Å². The van der Waals surface area contributed by atoms with Crippen molar-refractivity contribution in [2.45, 2.75) is 12.2 Å². The van der Waals surface area contributed by atoms with Crippen molar-refractivity contribution < 1.29 is 39.5 Å². The molecule has 0 radical (unpaired) electrons. The normalized spacial score (nSPS) is 18.0. The number of hydrogen-bond acceptors (Lipinski definition) is 6. The zero-order valence-corrected chi connectivity index (χ0v) is 9.43. The topological polar surface area (TPSA) is 145 Å². The molecule has 0 aromatic heterocycles. The Bertz CT molecular complexity index is 270. The third-order valence-electron chi connectivity index (χ3n) is 2.00. The van der Waals surface area contributed by atoms with Crippen LogP contribution in [0, 0.1) is 0 Å². The monoisotopic (exact) mass is 265 g/mol. The summed E-state index contributed by atoms with van der Waals surface area (Å²) in [6.45, 7) is 2.89. The van der Waals surface area contributed by atoms with Crippen molar-refractivity contribution in [2.75, 3.05) is 26.3 Å². The van der Waals surface area contributed by atoms with E-state index in [1.165, 1.54) is 0 Å². The van der Waals surface area contributed by atoms with Crippen LogP contribution in [-0.2, 0) is 19.1 Å². The second-order valence-corrected chi connectivity index (χ2v) is 3.32. The number of hydrogen-bond donors (Lipinski definition) is 4. The van der Waals surface area contributed by atoms with E-state index in [-0.39, 0.29) is 0 Å². The van der Waals surface area contributed by atoms with E-state index in [2.05, 4.69) is 0 Å². The van der Waals surface area contributed by atoms with Gasteiger partial charge in [0.15, 0.2) is 12.2 Å². The van der Waals surface area contributed by atoms with Crippen LogP contribution in [0.4, 0.5) is 0 Å². The van der Waals surface area contributed by atoms with Crippen LogP contribution in [-0.4, -0.2) is 82.2 Å². The molecule has 9 heteroatoms. The van der Waals surface area contributed by atoms with Gasteiger partial charge in [-0.25, -0.2) is 9.59 Å². The summed E-state index contributed by atoms with van der Waals surface area (Å²) in [4.78, 5) is 31.3. The van der Waals surface area contributed by atoms with Gasteiger partial charge < -0.3 is 30.1 Å². The predicted octanol–water partition coefficient (Wildman–Crippen LogP) is -2.65. The van der Waals surface area contributed by atoms with Crippen molar-refractivity contribution in [2.24, 2.45) is 0 Å². The van der Waals surface area contributed by atoms with Crippen LogP contribution in [0.1, 0.15) is 0 Å². The molecule has 4 N–H and O–H groups in total. The highest BCUT2D eigenvalue weighted by molar-refractivity contribution is 5.83. The molecule has 1 fully saturated rings. The van der Waals surface area contributed by atoms with Crippen molar-refractivity contribution in [1.29, 1.82) is 0 Å². The lowest BCUT2D eigenvalue weighted by Crippen LogP contribution is -2.39. The summed E-state index contributed by atoms with van der Waals surface area (Å²) >= 11 is 0. The molecule has 1 amide bonds. The molecule has 1 saturated heterocycles. The van der Waals surface area contributed by atoms with Crippen LogP contribution in [0.2, 0.25) is 0 Å². The maximum Gasteiger partial charge on any atom is 0.335 e. The van der Waals surface area contributed by atoms with Crippen LogP contribution in [0.15, 0.2) is 0 Å². The third kappa shape index (κ3) is 6.13. The molecule has 104 valence electrons. The van der Waals surface area contributed by atoms with Gasteiger partial charge >= 0.3 is 11.9 Å². The molecule has 2 atom stereocenters. The molecule has 0 spiro atoms. The third-order valence-corrected chi connectivity index (χ3v) is 2.00. The first-order chi connectivity index (χ1) is 8.40. The molecule has 9 nitrogen and oxygen atoms in total. The molecule has 1 heterocycles. The zero-order valence-electron chi connectivity index (χ0n) is 9.43. The van der Waals surface area contributed by atoms with Crippen molar-refractivity contribution in [3.63, 3.8) is 0 Å². The van der Waals surface area contributed by atoms with Crippen molar-refractivity contribution >= 4 is 18.3 Å². The van der Waals surface area contributed by atoms with Crippen molar-refractivity contribution in [3.05, 3.63) is 0 Å². The Balaban J connectivity index is 0.000000327. The minimum absolute atomic E-state index is 0.693. The van der Waals surface area contributed by atoms with Gasteiger partial charge in [-0.05, 0) is 0 Å². The Morgan fingerprint density at radius 2 is 1.44 bits per heavy atom. The van der Waals surface area contributed by atoms with Gasteiger partial charge in [-0.1, -0.05) is 0 Å². The smallest absolute Gasteiger partial charge is 0.335 e. The van der Waals surface area contributed by atoms with Crippen LogP contribution in [0.5, 0.6) is 0 Å². The van der Waals surface area contributed by atoms with Gasteiger partial charge in [0.05, 0.1) is 13.2 Å². The largest absolute Gasteiger partial charge is 0.479 e. The summed E-state index contributed by atoms with van der Waals surface area (Å²) in [5, 5.41) is 32.5. The molecular weight excluding hydrogens is 250 g/mol. The molecule has 0 unspecified atom stereocenters. The number of carbonyl (C=O) groups excluding carboxylic acids is 1. The Morgan fingerprint density at radius 1 is 1.06 bits per heavy atom. The SMILES string of the molecule is O=C(O)[C@H](O)[C@@H](O)C(=O)O.O=CN1CCOCC1. The van der Waals surface area contributed by atoms with Gasteiger partial charge in [0.2, 0.25) is 6.41 Å². The van der Waals surface area contributed by atoms with E-state index in [0.29, 0.717) is 13.2 Å². The standard InChI is InChI=1S/C5H9NO2.C4H6O6/c7-5-6-1-3-8-4-2-6;5-1(3(7)8)2(6)4(9)10/h5H,1-4H2;1-2,5-6H,(H,7,8)(H,9,10)/t;1-,2-/m.1/s1. The zero-order chi connectivity index (χ0) is 14.1. The summed E-state index contributed by atoms with van der Waals surface area (Å²) in [6.07, 6.45) is -3.67. The summed E-state index contributed by atoms with van der Waals surface area (Å²) in [7, 11) is 0. The lowest BCUT2D eigenvalue weighted by Gasteiger charge is -2.21. The molecule has 1 aliphatic rings. The van der Waals surface area contributed by atoms with E-state index in [9.17, 15) is 14.4 Å². The molecule has 1 rings (SSSR count). The number of carbonyl (C=O) groups is 3. The minimum atomic E-state index is -2.27. The number of carboxylic acids is 2. The number of carboxylic acid groups (broad SMARTS) is 2. The second-order valence-electron chi connectivity index (χ2n) is 3.32. The summed E-state index contributed by atoms with van der Waals surface area (Å²) < 4.78 is 5.00. The number of aliphatic hydroxyl groups excluding tert-OH is 2. The molecule has 0 saturated carbocycles. The lowest BCUT2D eigenvalue weighted by molar-refractivity contribution is -0.165. The molecule has 0 aromatic rings. The molecule has 0 aromatic carbocycles. The number of aliphatic carboxylic acids is 2. The minimum Gasteiger partial charge on any atom is -0.479 e. The average Bonchev–Trinajstić information content (AvgIpc) is 2.38. The average molecular weight is 265 g/mol.